The Morgan fingerprint density at radius 2 is 2.08 bits per heavy atom. The monoisotopic (exact) mass is 190 g/mol. The van der Waals surface area contributed by atoms with Gasteiger partial charge in [0.2, 0.25) is 0 Å². The van der Waals surface area contributed by atoms with E-state index >= 15 is 0 Å². The van der Waals surface area contributed by atoms with E-state index in [4.69, 9.17) is 15.2 Å². The van der Waals surface area contributed by atoms with E-state index in [0.29, 0.717) is 6.61 Å². The van der Waals surface area contributed by atoms with E-state index in [0.717, 1.165) is 0 Å². The Morgan fingerprint density at radius 3 is 2.77 bits per heavy atom. The number of nitrogens with two attached hydrogens (primary N) is 1. The Kier molecular flexibility index (Phi) is 2.06. The number of ether oxygens (including phenoxy) is 2. The van der Waals surface area contributed by atoms with Crippen molar-refractivity contribution in [2.75, 3.05) is 13.2 Å². The Labute approximate surface area is 73.8 Å². The molecule has 0 bridgehead atoms. The number of rotatable bonds is 2. The molecule has 0 amide bonds. The predicted molar refractivity (Wildman–Crippen MR) is 39.3 cm³/mol. The van der Waals surface area contributed by atoms with Crippen molar-refractivity contribution in [3.05, 3.63) is 10.1 Å². The first-order valence-electron chi connectivity index (χ1n) is 3.98. The quantitative estimate of drug-likeness (QED) is 0.429. The first-order chi connectivity index (χ1) is 6.18. The lowest BCUT2D eigenvalue weighted by molar-refractivity contribution is -0.769. The Hall–Kier alpha value is -0.920. The van der Waals surface area contributed by atoms with E-state index in [1.807, 2.05) is 0 Å². The van der Waals surface area contributed by atoms with Gasteiger partial charge in [-0.3, -0.25) is 0 Å². The average molecular weight is 190 g/mol. The van der Waals surface area contributed by atoms with Gasteiger partial charge in [0.05, 0.1) is 19.3 Å². The Balaban J connectivity index is 1.98. The van der Waals surface area contributed by atoms with Gasteiger partial charge in [-0.1, -0.05) is 0 Å². The summed E-state index contributed by atoms with van der Waals surface area (Å²) in [5.41, 5.74) is 5.64. The van der Waals surface area contributed by atoms with Crippen molar-refractivity contribution in [3.8, 4) is 0 Å². The van der Waals surface area contributed by atoms with Gasteiger partial charge < -0.3 is 20.0 Å². The van der Waals surface area contributed by atoms with Gasteiger partial charge >= 0.3 is 0 Å². The predicted octanol–water partition coefficient (Wildman–Crippen LogP) is -1.31. The maximum atomic E-state index is 10.1. The fourth-order valence-electron chi connectivity index (χ4n) is 1.69. The lowest BCUT2D eigenvalue weighted by atomic mass is 10.1. The Morgan fingerprint density at radius 1 is 1.38 bits per heavy atom. The zero-order chi connectivity index (χ0) is 9.42. The molecule has 2 fully saturated rings. The smallest absolute Gasteiger partial charge is 0.294 e. The Bertz CT molecular complexity index is 223. The average Bonchev–Trinajstić information content (AvgIpc) is 2.56. The van der Waals surface area contributed by atoms with Crippen molar-refractivity contribution in [2.24, 2.45) is 5.73 Å². The number of hydrogen-bond acceptors (Lipinski definition) is 6. The van der Waals surface area contributed by atoms with Crippen molar-refractivity contribution in [2.45, 2.75) is 24.4 Å². The first-order valence-corrected chi connectivity index (χ1v) is 3.98. The van der Waals surface area contributed by atoms with Gasteiger partial charge in [-0.2, -0.15) is 0 Å². The molecule has 2 rings (SSSR count). The molecule has 0 aromatic heterocycles. The second kappa shape index (κ2) is 3.09. The highest BCUT2D eigenvalue weighted by Crippen LogP contribution is 2.27. The van der Waals surface area contributed by atoms with Crippen LogP contribution in [-0.4, -0.2) is 42.7 Å². The molecule has 0 aromatic rings. The van der Waals surface area contributed by atoms with Gasteiger partial charge in [0.25, 0.3) is 5.09 Å². The standard InChI is InChI=1S/C6H10N2O5/c7-3-1-11-6-4(13-8(9)10)2-12-5(3)6/h3-6H,1-2,7H2/t3-,4-,5+,6+/m0/s1. The zero-order valence-corrected chi connectivity index (χ0v) is 6.79. The largest absolute Gasteiger partial charge is 0.371 e. The molecule has 4 atom stereocenters. The number of hydrogen-bond donors (Lipinski definition) is 1. The van der Waals surface area contributed by atoms with Crippen LogP contribution in [-0.2, 0) is 14.3 Å². The highest BCUT2D eigenvalue weighted by Gasteiger charge is 2.48. The summed E-state index contributed by atoms with van der Waals surface area (Å²) in [5, 5.41) is 9.24. The molecule has 2 N–H and O–H groups in total. The number of fused-ring (bicyclic) bond motifs is 1. The van der Waals surface area contributed by atoms with Gasteiger partial charge in [0.15, 0.2) is 6.10 Å². The molecule has 74 valence electrons. The van der Waals surface area contributed by atoms with Crippen LogP contribution >= 0.6 is 0 Å². The zero-order valence-electron chi connectivity index (χ0n) is 6.79. The third-order valence-corrected chi connectivity index (χ3v) is 2.27. The van der Waals surface area contributed by atoms with Gasteiger partial charge in [-0.15, -0.1) is 10.1 Å². The maximum absolute atomic E-state index is 10.1. The minimum atomic E-state index is -0.830. The third kappa shape index (κ3) is 1.45. The summed E-state index contributed by atoms with van der Waals surface area (Å²) < 4.78 is 10.4. The van der Waals surface area contributed by atoms with Crippen molar-refractivity contribution in [1.29, 1.82) is 0 Å². The molecular weight excluding hydrogens is 180 g/mol. The second-order valence-corrected chi connectivity index (χ2v) is 3.13. The molecule has 0 spiro atoms. The molecule has 2 saturated heterocycles. The van der Waals surface area contributed by atoms with Crippen molar-refractivity contribution in [1.82, 2.24) is 0 Å². The first kappa shape index (κ1) is 8.67. The molecular formula is C6H10N2O5. The van der Waals surface area contributed by atoms with Crippen LogP contribution in [0.1, 0.15) is 0 Å². The van der Waals surface area contributed by atoms with E-state index in [2.05, 4.69) is 4.84 Å². The van der Waals surface area contributed by atoms with E-state index in [1.54, 1.807) is 0 Å². The normalized spacial score (nSPS) is 43.2. The molecule has 0 aromatic carbocycles. The fourth-order valence-corrected chi connectivity index (χ4v) is 1.69. The topological polar surface area (TPSA) is 96.9 Å². The van der Waals surface area contributed by atoms with E-state index in [-0.39, 0.29) is 24.9 Å². The van der Waals surface area contributed by atoms with Gasteiger partial charge in [0.1, 0.15) is 12.2 Å². The van der Waals surface area contributed by atoms with Crippen LogP contribution in [0.2, 0.25) is 0 Å². The molecule has 7 nitrogen and oxygen atoms in total. The molecule has 2 aliphatic rings. The maximum Gasteiger partial charge on any atom is 0.294 e. The summed E-state index contributed by atoms with van der Waals surface area (Å²) in [7, 11) is 0. The van der Waals surface area contributed by atoms with E-state index in [1.165, 1.54) is 0 Å². The van der Waals surface area contributed by atoms with E-state index < -0.39 is 11.2 Å². The molecule has 2 aliphatic heterocycles. The fraction of sp³-hybridized carbons (Fsp3) is 1.00. The third-order valence-electron chi connectivity index (χ3n) is 2.27. The molecule has 0 aliphatic carbocycles. The van der Waals surface area contributed by atoms with Crippen molar-refractivity contribution < 1.29 is 19.4 Å². The summed E-state index contributed by atoms with van der Waals surface area (Å²) in [6, 6.07) is -0.203. The summed E-state index contributed by atoms with van der Waals surface area (Å²) in [6.07, 6.45) is -1.28. The lowest BCUT2D eigenvalue weighted by Crippen LogP contribution is -2.37. The van der Waals surface area contributed by atoms with Gasteiger partial charge in [-0.05, 0) is 0 Å². The molecule has 0 saturated carbocycles. The lowest BCUT2D eigenvalue weighted by Gasteiger charge is -2.13. The van der Waals surface area contributed by atoms with E-state index in [9.17, 15) is 10.1 Å². The van der Waals surface area contributed by atoms with Crippen LogP contribution in [0.3, 0.4) is 0 Å². The summed E-state index contributed by atoms with van der Waals surface area (Å²) >= 11 is 0. The second-order valence-electron chi connectivity index (χ2n) is 3.13. The highest BCUT2D eigenvalue weighted by molar-refractivity contribution is 4.96. The molecule has 0 radical (unpaired) electrons. The highest BCUT2D eigenvalue weighted by atomic mass is 17.0. The van der Waals surface area contributed by atoms with Gasteiger partial charge in [0, 0.05) is 0 Å². The van der Waals surface area contributed by atoms with Crippen LogP contribution in [0, 0.1) is 10.1 Å². The summed E-state index contributed by atoms with van der Waals surface area (Å²) in [4.78, 5) is 14.5. The molecule has 0 unspecified atom stereocenters. The molecule has 13 heavy (non-hydrogen) atoms. The van der Waals surface area contributed by atoms with Crippen molar-refractivity contribution in [3.63, 3.8) is 0 Å². The van der Waals surface area contributed by atoms with Crippen LogP contribution < -0.4 is 5.73 Å². The van der Waals surface area contributed by atoms with Crippen LogP contribution in [0.25, 0.3) is 0 Å². The van der Waals surface area contributed by atoms with Crippen LogP contribution in [0.15, 0.2) is 0 Å². The SMILES string of the molecule is N[C@H]1CO[C@H]2[C@@H]1OC[C@@H]2O[N+](=O)[O-]. The number of nitrogens with zero attached hydrogens (tertiary/aromatic N) is 1. The summed E-state index contributed by atoms with van der Waals surface area (Å²) in [6.45, 7) is 0.539. The van der Waals surface area contributed by atoms with Crippen molar-refractivity contribution >= 4 is 0 Å². The van der Waals surface area contributed by atoms with Crippen LogP contribution in [0.4, 0.5) is 0 Å². The van der Waals surface area contributed by atoms with Gasteiger partial charge in [-0.25, -0.2) is 0 Å². The minimum Gasteiger partial charge on any atom is -0.371 e. The molecule has 2 heterocycles. The summed E-state index contributed by atoms with van der Waals surface area (Å²) in [5.74, 6) is 0. The molecule has 7 heteroatoms. The van der Waals surface area contributed by atoms with Crippen LogP contribution in [0.5, 0.6) is 0 Å². The minimum absolute atomic E-state index is 0.171.